The van der Waals surface area contributed by atoms with Crippen LogP contribution in [0.2, 0.25) is 5.02 Å². The third kappa shape index (κ3) is 6.45. The third-order valence-corrected chi connectivity index (χ3v) is 3.30. The zero-order chi connectivity index (χ0) is 16.4. The molecule has 6 heteroatoms. The van der Waals surface area contributed by atoms with Crippen LogP contribution in [-0.2, 0) is 14.3 Å². The number of hydrogen-bond acceptors (Lipinski definition) is 4. The number of amides is 1. The van der Waals surface area contributed by atoms with Crippen molar-refractivity contribution in [1.82, 2.24) is 4.90 Å². The Balaban J connectivity index is 2.68. The molecule has 1 amide bonds. The van der Waals surface area contributed by atoms with Gasteiger partial charge in [0.25, 0.3) is 5.91 Å². The van der Waals surface area contributed by atoms with Gasteiger partial charge >= 0.3 is 5.97 Å². The molecule has 0 heterocycles. The van der Waals surface area contributed by atoms with Crippen LogP contribution in [0, 0.1) is 0 Å². The summed E-state index contributed by atoms with van der Waals surface area (Å²) in [5, 5.41) is 0.578. The maximum absolute atomic E-state index is 12.5. The Hall–Kier alpha value is -1.59. The smallest absolute Gasteiger partial charge is 0.307 e. The van der Waals surface area contributed by atoms with E-state index in [-0.39, 0.29) is 18.3 Å². The first-order valence-corrected chi connectivity index (χ1v) is 7.65. The van der Waals surface area contributed by atoms with Crippen molar-refractivity contribution in [2.24, 2.45) is 0 Å². The molecule has 0 saturated carbocycles. The van der Waals surface area contributed by atoms with E-state index in [1.54, 1.807) is 43.2 Å². The van der Waals surface area contributed by atoms with Gasteiger partial charge in [-0.25, -0.2) is 0 Å². The van der Waals surface area contributed by atoms with Crippen LogP contribution < -0.4 is 0 Å². The fourth-order valence-electron chi connectivity index (χ4n) is 1.95. The third-order valence-electron chi connectivity index (χ3n) is 3.05. The van der Waals surface area contributed by atoms with Crippen LogP contribution in [0.4, 0.5) is 0 Å². The van der Waals surface area contributed by atoms with Crippen LogP contribution in [0.15, 0.2) is 24.3 Å². The van der Waals surface area contributed by atoms with E-state index in [0.29, 0.717) is 43.3 Å². The van der Waals surface area contributed by atoms with Gasteiger partial charge in [0, 0.05) is 37.4 Å². The number of esters is 1. The molecule has 0 bridgehead atoms. The first-order valence-electron chi connectivity index (χ1n) is 7.28. The molecule has 0 atom stereocenters. The van der Waals surface area contributed by atoms with Gasteiger partial charge in [0.15, 0.2) is 0 Å². The average molecular weight is 328 g/mol. The molecule has 0 saturated heterocycles. The fourth-order valence-corrected chi connectivity index (χ4v) is 2.08. The zero-order valence-corrected chi connectivity index (χ0v) is 13.8. The monoisotopic (exact) mass is 327 g/mol. The van der Waals surface area contributed by atoms with Gasteiger partial charge in [0.2, 0.25) is 0 Å². The molecule has 22 heavy (non-hydrogen) atoms. The minimum atomic E-state index is -0.303. The van der Waals surface area contributed by atoms with Crippen molar-refractivity contribution in [1.29, 1.82) is 0 Å². The second kappa shape index (κ2) is 10.2. The van der Waals surface area contributed by atoms with Crippen LogP contribution in [0.5, 0.6) is 0 Å². The lowest BCUT2D eigenvalue weighted by Crippen LogP contribution is -2.34. The number of benzene rings is 1. The van der Waals surface area contributed by atoms with Gasteiger partial charge < -0.3 is 14.4 Å². The average Bonchev–Trinajstić information content (AvgIpc) is 2.51. The highest BCUT2D eigenvalue weighted by atomic mass is 35.5. The Morgan fingerprint density at radius 3 is 2.45 bits per heavy atom. The topological polar surface area (TPSA) is 55.8 Å². The predicted molar refractivity (Wildman–Crippen MR) is 85.1 cm³/mol. The molecule has 0 fully saturated rings. The highest BCUT2D eigenvalue weighted by Crippen LogP contribution is 2.12. The molecule has 1 aromatic carbocycles. The second-order valence-corrected chi connectivity index (χ2v) is 5.14. The second-order valence-electron chi connectivity index (χ2n) is 4.70. The van der Waals surface area contributed by atoms with E-state index in [1.165, 1.54) is 0 Å². The van der Waals surface area contributed by atoms with Crippen LogP contribution in [0.3, 0.4) is 0 Å². The summed E-state index contributed by atoms with van der Waals surface area (Å²) in [5.74, 6) is -0.430. The summed E-state index contributed by atoms with van der Waals surface area (Å²) in [6.45, 7) is 3.50. The molecule has 0 N–H and O–H groups in total. The molecule has 0 aliphatic carbocycles. The lowest BCUT2D eigenvalue weighted by Gasteiger charge is -2.22. The molecule has 0 aromatic heterocycles. The van der Waals surface area contributed by atoms with Crippen molar-refractivity contribution >= 4 is 23.5 Å². The van der Waals surface area contributed by atoms with Gasteiger partial charge in [-0.3, -0.25) is 9.59 Å². The number of methoxy groups -OCH3 is 1. The molecule has 1 rings (SSSR count). The largest absolute Gasteiger partial charge is 0.466 e. The maximum Gasteiger partial charge on any atom is 0.307 e. The zero-order valence-electron chi connectivity index (χ0n) is 13.0. The lowest BCUT2D eigenvalue weighted by atomic mass is 10.2. The number of carbonyl (C=O) groups is 2. The summed E-state index contributed by atoms with van der Waals surface area (Å²) in [7, 11) is 1.62. The summed E-state index contributed by atoms with van der Waals surface area (Å²) in [4.78, 5) is 25.6. The van der Waals surface area contributed by atoms with Gasteiger partial charge in [0.1, 0.15) is 0 Å². The van der Waals surface area contributed by atoms with Crippen LogP contribution in [0.1, 0.15) is 30.1 Å². The van der Waals surface area contributed by atoms with Gasteiger partial charge in [-0.15, -0.1) is 0 Å². The number of ether oxygens (including phenoxy) is 2. The van der Waals surface area contributed by atoms with Crippen molar-refractivity contribution in [3.63, 3.8) is 0 Å². The van der Waals surface area contributed by atoms with Crippen LogP contribution >= 0.6 is 11.6 Å². The van der Waals surface area contributed by atoms with Crippen LogP contribution in [0.25, 0.3) is 0 Å². The van der Waals surface area contributed by atoms with Crippen molar-refractivity contribution in [3.8, 4) is 0 Å². The molecule has 0 unspecified atom stereocenters. The lowest BCUT2D eigenvalue weighted by molar-refractivity contribution is -0.143. The molecule has 1 aromatic rings. The predicted octanol–water partition coefficient (Wildman–Crippen LogP) is 2.77. The first-order chi connectivity index (χ1) is 10.6. The summed E-state index contributed by atoms with van der Waals surface area (Å²) in [6, 6.07) is 6.71. The minimum Gasteiger partial charge on any atom is -0.466 e. The summed E-state index contributed by atoms with van der Waals surface area (Å²) >= 11 is 5.83. The van der Waals surface area contributed by atoms with E-state index in [9.17, 15) is 9.59 Å². The van der Waals surface area contributed by atoms with Crippen molar-refractivity contribution in [2.45, 2.75) is 19.8 Å². The molecule has 0 aliphatic heterocycles. The van der Waals surface area contributed by atoms with Gasteiger partial charge in [-0.1, -0.05) is 11.6 Å². The molecular formula is C16H22ClNO4. The fraction of sp³-hybridized carbons (Fsp3) is 0.500. The van der Waals surface area contributed by atoms with Crippen molar-refractivity contribution in [3.05, 3.63) is 34.9 Å². The van der Waals surface area contributed by atoms with E-state index in [4.69, 9.17) is 21.1 Å². The van der Waals surface area contributed by atoms with Gasteiger partial charge in [0.05, 0.1) is 13.0 Å². The number of carbonyl (C=O) groups excluding carboxylic acids is 2. The number of hydrogen-bond donors (Lipinski definition) is 0. The standard InChI is InChI=1S/C16H22ClNO4/c1-3-22-15(19)9-11-18(10-4-12-21-2)16(20)13-5-7-14(17)8-6-13/h5-8H,3-4,9-12H2,1-2H3. The highest BCUT2D eigenvalue weighted by molar-refractivity contribution is 6.30. The minimum absolute atomic E-state index is 0.128. The van der Waals surface area contributed by atoms with Gasteiger partial charge in [-0.05, 0) is 37.6 Å². The van der Waals surface area contributed by atoms with Crippen molar-refractivity contribution in [2.75, 3.05) is 33.4 Å². The molecule has 0 aliphatic rings. The summed E-state index contributed by atoms with van der Waals surface area (Å²) in [6.07, 6.45) is 0.888. The Bertz CT molecular complexity index is 476. The first kappa shape index (κ1) is 18.5. The molecule has 122 valence electrons. The van der Waals surface area contributed by atoms with E-state index in [0.717, 1.165) is 0 Å². The Kier molecular flexibility index (Phi) is 8.55. The number of halogens is 1. The quantitative estimate of drug-likeness (QED) is 0.517. The Morgan fingerprint density at radius 2 is 1.86 bits per heavy atom. The summed E-state index contributed by atoms with van der Waals surface area (Å²) in [5.41, 5.74) is 0.547. The Morgan fingerprint density at radius 1 is 1.18 bits per heavy atom. The molecule has 0 spiro atoms. The van der Waals surface area contributed by atoms with E-state index < -0.39 is 0 Å². The number of nitrogens with zero attached hydrogens (tertiary/aromatic N) is 1. The molecule has 5 nitrogen and oxygen atoms in total. The maximum atomic E-state index is 12.5. The van der Waals surface area contributed by atoms with E-state index in [2.05, 4.69) is 0 Å². The normalized spacial score (nSPS) is 10.3. The number of rotatable bonds is 9. The summed E-state index contributed by atoms with van der Waals surface area (Å²) < 4.78 is 9.91. The van der Waals surface area contributed by atoms with Gasteiger partial charge in [-0.2, -0.15) is 0 Å². The van der Waals surface area contributed by atoms with E-state index in [1.807, 2.05) is 0 Å². The van der Waals surface area contributed by atoms with Crippen molar-refractivity contribution < 1.29 is 19.1 Å². The molecule has 0 radical (unpaired) electrons. The van der Waals surface area contributed by atoms with E-state index >= 15 is 0 Å². The SMILES string of the molecule is CCOC(=O)CCN(CCCOC)C(=O)c1ccc(Cl)cc1. The van der Waals surface area contributed by atoms with Crippen LogP contribution in [-0.4, -0.2) is 50.2 Å². The molecular weight excluding hydrogens is 306 g/mol. The highest BCUT2D eigenvalue weighted by Gasteiger charge is 2.17. The Labute approximate surface area is 136 Å².